The molecular weight excluding hydrogens is 1050 g/mol. The van der Waals surface area contributed by atoms with Gasteiger partial charge in [0, 0.05) is 80.0 Å². The van der Waals surface area contributed by atoms with E-state index >= 15 is 0 Å². The average molecular weight is 1110 g/mol. The van der Waals surface area contributed by atoms with E-state index in [-0.39, 0.29) is 50.8 Å². The van der Waals surface area contributed by atoms with Crippen molar-refractivity contribution in [2.75, 3.05) is 37.9 Å². The normalized spacial score (nSPS) is 13.6. The standard InChI is InChI=1S/C63H59N5O10S2/c69-79(70,71)38-8-34-75-40-42-18-22-44(23-19-42)60-50-26-30-54(65-50)62-48-14-1-3-16-58(48)77-36-6-12-46-10-5-11-47(64-46)13-7-37-78-59-17-4-2-15-49(59)63(56-32-28-52(60)67-56)57-33-29-53(68-57)61(51-27-31-55(62)66-51)45-24-20-43(21-25-45)41-76-35-9-39-80(72,73)74/h1-5,10-11,14-33,65,68H,6-9,12-13,34-41H2,(H,69,70,71)(H,72,73,74). The number of H-pyrrole nitrogens is 2. The van der Waals surface area contributed by atoms with Crippen LogP contribution in [-0.2, 0) is 55.8 Å². The van der Waals surface area contributed by atoms with Gasteiger partial charge in [-0.1, -0.05) is 91.0 Å². The van der Waals surface area contributed by atoms with E-state index in [1.54, 1.807) is 0 Å². The van der Waals surface area contributed by atoms with Gasteiger partial charge >= 0.3 is 0 Å². The van der Waals surface area contributed by atoms with E-state index in [0.717, 1.165) is 126 Å². The number of para-hydroxylation sites is 2. The van der Waals surface area contributed by atoms with E-state index in [1.165, 1.54) is 0 Å². The quantitative estimate of drug-likeness (QED) is 0.0589. The zero-order valence-electron chi connectivity index (χ0n) is 43.8. The van der Waals surface area contributed by atoms with Gasteiger partial charge in [-0.3, -0.25) is 14.1 Å². The summed E-state index contributed by atoms with van der Waals surface area (Å²) in [5.74, 6) is 0.671. The molecule has 17 heteroatoms. The van der Waals surface area contributed by atoms with Gasteiger partial charge in [-0.25, -0.2) is 9.97 Å². The molecule has 4 aromatic heterocycles. The minimum Gasteiger partial charge on any atom is -0.493 e. The first-order chi connectivity index (χ1) is 38.9. The maximum Gasteiger partial charge on any atom is 0.264 e. The summed E-state index contributed by atoms with van der Waals surface area (Å²) >= 11 is 0. The summed E-state index contributed by atoms with van der Waals surface area (Å²) in [5, 5.41) is 0. The number of aromatic amines is 2. The topological polar surface area (TPSA) is 216 Å². The second kappa shape index (κ2) is 24.1. The van der Waals surface area contributed by atoms with Gasteiger partial charge in [-0.15, -0.1) is 0 Å². The molecule has 12 rings (SSSR count). The maximum atomic E-state index is 11.3. The molecule has 408 valence electrons. The van der Waals surface area contributed by atoms with E-state index < -0.39 is 20.2 Å². The fourth-order valence-corrected chi connectivity index (χ4v) is 11.2. The Labute approximate surface area is 464 Å². The molecule has 12 bridgehead atoms. The third-order valence-corrected chi connectivity index (χ3v) is 15.6. The zero-order chi connectivity index (χ0) is 55.1. The van der Waals surface area contributed by atoms with Crippen LogP contribution in [-0.4, -0.2) is 88.8 Å². The molecular formula is C63H59N5O10S2. The van der Waals surface area contributed by atoms with E-state index in [0.29, 0.717) is 36.1 Å². The number of aryl methyl sites for hydroxylation is 2. The molecule has 0 radical (unpaired) electrons. The van der Waals surface area contributed by atoms with Crippen LogP contribution < -0.4 is 9.47 Å². The van der Waals surface area contributed by atoms with Gasteiger partial charge < -0.3 is 28.9 Å². The Morgan fingerprint density at radius 2 is 0.838 bits per heavy atom. The fraction of sp³-hybridized carbons (Fsp3) is 0.222. The molecule has 0 spiro atoms. The third-order valence-electron chi connectivity index (χ3n) is 14.0. The number of nitrogens with zero attached hydrogens (tertiary/aromatic N) is 3. The summed E-state index contributed by atoms with van der Waals surface area (Å²) in [5.41, 5.74) is 16.7. The Hall–Kier alpha value is -8.03. The SMILES string of the molecule is O=S(=O)(O)CCCOCc1ccc(-c2c3nc(c4c5ccc([nH]5)c(-c5ccc(COCCCS(=O)(=O)O)cc5)c5nc(c(c6ccc2[nH]6)-c2ccccc2OCCCc2cccc(n2)CCCOc2ccccc2-4)C=C5)C=C3)cc1. The highest BCUT2D eigenvalue weighted by molar-refractivity contribution is 7.86. The molecule has 0 saturated carbocycles. The van der Waals surface area contributed by atoms with Crippen molar-refractivity contribution in [1.82, 2.24) is 24.9 Å². The van der Waals surface area contributed by atoms with Gasteiger partial charge in [0.15, 0.2) is 0 Å². The van der Waals surface area contributed by atoms with Crippen molar-refractivity contribution >= 4 is 66.6 Å². The Morgan fingerprint density at radius 3 is 1.25 bits per heavy atom. The lowest BCUT2D eigenvalue weighted by Gasteiger charge is -2.14. The van der Waals surface area contributed by atoms with Crippen LogP contribution in [0.3, 0.4) is 0 Å². The van der Waals surface area contributed by atoms with Crippen LogP contribution in [0.25, 0.3) is 90.9 Å². The number of benzene rings is 4. The van der Waals surface area contributed by atoms with E-state index in [9.17, 15) is 25.9 Å². The Kier molecular flexibility index (Phi) is 16.3. The second-order valence-electron chi connectivity index (χ2n) is 19.8. The van der Waals surface area contributed by atoms with Crippen LogP contribution in [0, 0.1) is 0 Å². The van der Waals surface area contributed by atoms with Crippen molar-refractivity contribution in [1.29, 1.82) is 0 Å². The van der Waals surface area contributed by atoms with Gasteiger partial charge in [0.25, 0.3) is 20.2 Å². The van der Waals surface area contributed by atoms with Crippen LogP contribution in [0.5, 0.6) is 11.5 Å². The predicted octanol–water partition coefficient (Wildman–Crippen LogP) is 12.6. The number of fused-ring (bicyclic) bond motifs is 6. The Balaban J connectivity index is 1.13. The fourth-order valence-electron chi connectivity index (χ4n) is 10.3. The first-order valence-corrected chi connectivity index (χ1v) is 29.9. The Bertz CT molecular complexity index is 3780. The molecule has 0 saturated heterocycles. The summed E-state index contributed by atoms with van der Waals surface area (Å²) in [6, 6.07) is 46.7. The number of hydrogen-bond donors (Lipinski definition) is 4. The average Bonchev–Trinajstić information content (AvgIpc) is 4.36. The molecule has 0 amide bonds. The molecule has 4 aliphatic rings. The van der Waals surface area contributed by atoms with Gasteiger partial charge in [0.2, 0.25) is 0 Å². The number of nitrogens with one attached hydrogen (secondary N) is 2. The molecule has 0 atom stereocenters. The summed E-state index contributed by atoms with van der Waals surface area (Å²) in [4.78, 5) is 23.7. The van der Waals surface area contributed by atoms with Crippen LogP contribution in [0.2, 0.25) is 0 Å². The van der Waals surface area contributed by atoms with Gasteiger partial charge in [0.1, 0.15) is 11.5 Å². The van der Waals surface area contributed by atoms with E-state index in [4.69, 9.17) is 33.9 Å². The smallest absolute Gasteiger partial charge is 0.264 e. The number of pyridine rings is 1. The highest BCUT2D eigenvalue weighted by Crippen LogP contribution is 2.42. The minimum absolute atomic E-state index is 0.174. The van der Waals surface area contributed by atoms with Crippen molar-refractivity contribution in [2.45, 2.75) is 51.7 Å². The summed E-state index contributed by atoms with van der Waals surface area (Å²) in [6.07, 6.45) is 11.5. The largest absolute Gasteiger partial charge is 0.493 e. The summed E-state index contributed by atoms with van der Waals surface area (Å²) in [6.45, 7) is 1.76. The number of rotatable bonds is 14. The van der Waals surface area contributed by atoms with Gasteiger partial charge in [0.05, 0.1) is 60.7 Å². The lowest BCUT2D eigenvalue weighted by atomic mass is 10.0. The first-order valence-electron chi connectivity index (χ1n) is 26.7. The zero-order valence-corrected chi connectivity index (χ0v) is 45.4. The lowest BCUT2D eigenvalue weighted by molar-refractivity contribution is 0.121. The van der Waals surface area contributed by atoms with Crippen LogP contribution in [0.4, 0.5) is 0 Å². The van der Waals surface area contributed by atoms with Crippen LogP contribution in [0.1, 0.15) is 71.0 Å². The first kappa shape index (κ1) is 53.9. The molecule has 8 aromatic rings. The molecule has 4 aromatic carbocycles. The van der Waals surface area contributed by atoms with E-state index in [2.05, 4.69) is 64.6 Å². The number of hydrogen-bond acceptors (Lipinski definition) is 11. The van der Waals surface area contributed by atoms with Crippen molar-refractivity contribution in [3.05, 3.63) is 185 Å². The summed E-state index contributed by atoms with van der Waals surface area (Å²) in [7, 11) is -8.15. The van der Waals surface area contributed by atoms with Crippen LogP contribution >= 0.6 is 0 Å². The predicted molar refractivity (Wildman–Crippen MR) is 314 cm³/mol. The van der Waals surface area contributed by atoms with Crippen LogP contribution in [0.15, 0.2) is 140 Å². The third kappa shape index (κ3) is 13.0. The highest BCUT2D eigenvalue weighted by Gasteiger charge is 2.22. The van der Waals surface area contributed by atoms with Crippen molar-refractivity contribution in [3.8, 4) is 56.0 Å². The monoisotopic (exact) mass is 1110 g/mol. The number of ether oxygens (including phenoxy) is 4. The molecule has 0 aliphatic carbocycles. The van der Waals surface area contributed by atoms with E-state index in [1.807, 2.05) is 109 Å². The molecule has 4 N–H and O–H groups in total. The summed E-state index contributed by atoms with van der Waals surface area (Å²) < 4.78 is 88.6. The van der Waals surface area contributed by atoms with Crippen molar-refractivity contribution in [3.63, 3.8) is 0 Å². The lowest BCUT2D eigenvalue weighted by Crippen LogP contribution is -2.07. The van der Waals surface area contributed by atoms with Gasteiger partial charge in [-0.2, -0.15) is 16.8 Å². The van der Waals surface area contributed by atoms with Crippen molar-refractivity contribution in [2.24, 2.45) is 0 Å². The second-order valence-corrected chi connectivity index (χ2v) is 22.9. The highest BCUT2D eigenvalue weighted by atomic mass is 32.2. The molecule has 4 aliphatic heterocycles. The molecule has 8 heterocycles. The Morgan fingerprint density at radius 1 is 0.450 bits per heavy atom. The van der Waals surface area contributed by atoms with Crippen molar-refractivity contribution < 1.29 is 44.9 Å². The molecule has 0 fully saturated rings. The molecule has 80 heavy (non-hydrogen) atoms. The minimum atomic E-state index is -4.08. The maximum absolute atomic E-state index is 11.3. The molecule has 0 unspecified atom stereocenters. The molecule has 15 nitrogen and oxygen atoms in total. The van der Waals surface area contributed by atoms with Gasteiger partial charge in [-0.05, 0) is 134 Å². The number of aromatic nitrogens is 5.